The van der Waals surface area contributed by atoms with Gasteiger partial charge in [0.05, 0.1) is 6.61 Å². The molecule has 0 aliphatic rings. The number of aliphatic hydroxyl groups excluding tert-OH is 1. The fourth-order valence-corrected chi connectivity index (χ4v) is 2.59. The third-order valence-electron chi connectivity index (χ3n) is 3.96. The van der Waals surface area contributed by atoms with Crippen LogP contribution in [0.25, 0.3) is 0 Å². The Balaban J connectivity index is 3.02. The third kappa shape index (κ3) is 19.4. The predicted octanol–water partition coefficient (Wildman–Crippen LogP) is 6.57. The van der Waals surface area contributed by atoms with Crippen molar-refractivity contribution in [2.24, 2.45) is 0 Å². The molecule has 0 aromatic heterocycles. The van der Waals surface area contributed by atoms with Crippen LogP contribution in [-0.4, -0.2) is 11.7 Å². The van der Waals surface area contributed by atoms with Crippen molar-refractivity contribution in [1.29, 1.82) is 0 Å². The molecular weight excluding hydrogens is 256 g/mol. The molecule has 0 unspecified atom stereocenters. The summed E-state index contributed by atoms with van der Waals surface area (Å²) in [5, 5.41) is 8.57. The van der Waals surface area contributed by atoms with Gasteiger partial charge in [0, 0.05) is 0 Å². The zero-order valence-corrected chi connectivity index (χ0v) is 14.4. The molecule has 0 saturated carbocycles. The Labute approximate surface area is 133 Å². The topological polar surface area (TPSA) is 20.2 Å². The Morgan fingerprint density at radius 3 is 1.48 bits per heavy atom. The molecule has 0 spiro atoms. The molecule has 21 heavy (non-hydrogen) atoms. The van der Waals surface area contributed by atoms with Crippen molar-refractivity contribution in [1.82, 2.24) is 0 Å². The van der Waals surface area contributed by atoms with Gasteiger partial charge >= 0.3 is 0 Å². The standard InChI is InChI=1S/C20H38O/c1-2-3-4-5-6-7-8-9-10-11-12-13-14-15-16-17-18-19-20-21/h16-19,21H,2-15,20H2,1H3. The molecule has 1 nitrogen and oxygen atoms in total. The molecule has 0 aromatic carbocycles. The van der Waals surface area contributed by atoms with Crippen LogP contribution in [0, 0.1) is 0 Å². The summed E-state index contributed by atoms with van der Waals surface area (Å²) in [5.74, 6) is 0. The lowest BCUT2D eigenvalue weighted by molar-refractivity contribution is 0.343. The summed E-state index contributed by atoms with van der Waals surface area (Å²) in [5.41, 5.74) is 0. The molecular formula is C20H38O. The summed E-state index contributed by atoms with van der Waals surface area (Å²) in [4.78, 5) is 0. The highest BCUT2D eigenvalue weighted by Gasteiger charge is 1.93. The van der Waals surface area contributed by atoms with E-state index in [-0.39, 0.29) is 6.61 Å². The van der Waals surface area contributed by atoms with Crippen molar-refractivity contribution >= 4 is 0 Å². The van der Waals surface area contributed by atoms with Crippen LogP contribution in [0.2, 0.25) is 0 Å². The van der Waals surface area contributed by atoms with E-state index in [0.29, 0.717) is 0 Å². The molecule has 0 fully saturated rings. The van der Waals surface area contributed by atoms with Gasteiger partial charge in [-0.3, -0.25) is 0 Å². The monoisotopic (exact) mass is 294 g/mol. The largest absolute Gasteiger partial charge is 0.392 e. The number of aliphatic hydroxyl groups is 1. The van der Waals surface area contributed by atoms with E-state index in [2.05, 4.69) is 13.0 Å². The molecule has 0 radical (unpaired) electrons. The van der Waals surface area contributed by atoms with Crippen LogP contribution in [0.15, 0.2) is 24.3 Å². The Morgan fingerprint density at radius 2 is 1.00 bits per heavy atom. The third-order valence-corrected chi connectivity index (χ3v) is 3.96. The van der Waals surface area contributed by atoms with Crippen LogP contribution in [0.1, 0.15) is 96.8 Å². The van der Waals surface area contributed by atoms with Gasteiger partial charge in [0.2, 0.25) is 0 Å². The van der Waals surface area contributed by atoms with E-state index >= 15 is 0 Å². The van der Waals surface area contributed by atoms with Gasteiger partial charge in [-0.25, -0.2) is 0 Å². The summed E-state index contributed by atoms with van der Waals surface area (Å²) in [6.45, 7) is 2.42. The second kappa shape index (κ2) is 19.4. The average molecular weight is 295 g/mol. The highest BCUT2D eigenvalue weighted by Crippen LogP contribution is 2.12. The first-order chi connectivity index (χ1) is 10.4. The SMILES string of the molecule is CCCCCCCCCCCCCCCC=CC=CCO. The van der Waals surface area contributed by atoms with E-state index in [1.165, 1.54) is 89.9 Å². The molecule has 0 bridgehead atoms. The van der Waals surface area contributed by atoms with Crippen LogP contribution in [0.5, 0.6) is 0 Å². The zero-order chi connectivity index (χ0) is 15.4. The first-order valence-electron chi connectivity index (χ1n) is 9.34. The van der Waals surface area contributed by atoms with Gasteiger partial charge in [0.1, 0.15) is 0 Å². The Bertz CT molecular complexity index is 230. The van der Waals surface area contributed by atoms with E-state index in [1.807, 2.05) is 12.2 Å². The van der Waals surface area contributed by atoms with Crippen molar-refractivity contribution in [3.8, 4) is 0 Å². The normalized spacial score (nSPS) is 11.9. The van der Waals surface area contributed by atoms with E-state index in [4.69, 9.17) is 5.11 Å². The summed E-state index contributed by atoms with van der Waals surface area (Å²) in [7, 11) is 0. The molecule has 0 rings (SSSR count). The minimum atomic E-state index is 0.142. The van der Waals surface area contributed by atoms with Crippen molar-refractivity contribution in [2.45, 2.75) is 96.8 Å². The Kier molecular flexibility index (Phi) is 18.9. The molecule has 0 aliphatic heterocycles. The molecule has 124 valence electrons. The Morgan fingerprint density at radius 1 is 0.571 bits per heavy atom. The van der Waals surface area contributed by atoms with Crippen LogP contribution in [0.3, 0.4) is 0 Å². The molecule has 1 N–H and O–H groups in total. The maximum Gasteiger partial charge on any atom is 0.0615 e. The van der Waals surface area contributed by atoms with E-state index < -0.39 is 0 Å². The second-order valence-corrected chi connectivity index (χ2v) is 6.07. The van der Waals surface area contributed by atoms with Crippen LogP contribution in [0.4, 0.5) is 0 Å². The molecule has 0 amide bonds. The fourth-order valence-electron chi connectivity index (χ4n) is 2.59. The van der Waals surface area contributed by atoms with E-state index in [9.17, 15) is 0 Å². The first-order valence-corrected chi connectivity index (χ1v) is 9.34. The number of rotatable bonds is 16. The maximum absolute atomic E-state index is 8.57. The second-order valence-electron chi connectivity index (χ2n) is 6.07. The zero-order valence-electron chi connectivity index (χ0n) is 14.4. The van der Waals surface area contributed by atoms with Gasteiger partial charge < -0.3 is 5.11 Å². The minimum absolute atomic E-state index is 0.142. The van der Waals surface area contributed by atoms with Gasteiger partial charge in [-0.2, -0.15) is 0 Å². The van der Waals surface area contributed by atoms with Crippen LogP contribution in [-0.2, 0) is 0 Å². The summed E-state index contributed by atoms with van der Waals surface area (Å²) >= 11 is 0. The summed E-state index contributed by atoms with van der Waals surface area (Å²) < 4.78 is 0. The minimum Gasteiger partial charge on any atom is -0.392 e. The molecule has 0 saturated heterocycles. The predicted molar refractivity (Wildman–Crippen MR) is 95.7 cm³/mol. The van der Waals surface area contributed by atoms with Crippen molar-refractivity contribution in [3.63, 3.8) is 0 Å². The van der Waals surface area contributed by atoms with Crippen LogP contribution >= 0.6 is 0 Å². The maximum atomic E-state index is 8.57. The van der Waals surface area contributed by atoms with Crippen molar-refractivity contribution in [3.05, 3.63) is 24.3 Å². The number of allylic oxidation sites excluding steroid dienone is 3. The van der Waals surface area contributed by atoms with E-state index in [0.717, 1.165) is 0 Å². The lowest BCUT2D eigenvalue weighted by atomic mass is 10.0. The van der Waals surface area contributed by atoms with Gasteiger partial charge in [-0.05, 0) is 12.8 Å². The smallest absolute Gasteiger partial charge is 0.0615 e. The molecule has 0 aromatic rings. The average Bonchev–Trinajstić information content (AvgIpc) is 2.50. The fraction of sp³-hybridized carbons (Fsp3) is 0.800. The summed E-state index contributed by atoms with van der Waals surface area (Å²) in [6.07, 6.45) is 27.5. The first kappa shape index (κ1) is 20.4. The lowest BCUT2D eigenvalue weighted by Crippen LogP contribution is -1.82. The van der Waals surface area contributed by atoms with Crippen LogP contribution < -0.4 is 0 Å². The molecule has 0 aliphatic carbocycles. The van der Waals surface area contributed by atoms with Gasteiger partial charge in [0.25, 0.3) is 0 Å². The van der Waals surface area contributed by atoms with Gasteiger partial charge in [-0.1, -0.05) is 108 Å². The number of hydrogen-bond acceptors (Lipinski definition) is 1. The van der Waals surface area contributed by atoms with Crippen molar-refractivity contribution in [2.75, 3.05) is 6.61 Å². The molecule has 1 heteroatoms. The molecule has 0 atom stereocenters. The van der Waals surface area contributed by atoms with Crippen molar-refractivity contribution < 1.29 is 5.11 Å². The number of unbranched alkanes of at least 4 members (excludes halogenated alkanes) is 13. The molecule has 0 heterocycles. The lowest BCUT2D eigenvalue weighted by Gasteiger charge is -2.02. The van der Waals surface area contributed by atoms with Gasteiger partial charge in [0.15, 0.2) is 0 Å². The highest BCUT2D eigenvalue weighted by molar-refractivity contribution is 5.02. The number of hydrogen-bond donors (Lipinski definition) is 1. The Hall–Kier alpha value is -0.560. The highest BCUT2D eigenvalue weighted by atomic mass is 16.2. The summed E-state index contributed by atoms with van der Waals surface area (Å²) in [6, 6.07) is 0. The quantitative estimate of drug-likeness (QED) is 0.252. The van der Waals surface area contributed by atoms with E-state index in [1.54, 1.807) is 6.08 Å². The van der Waals surface area contributed by atoms with Gasteiger partial charge in [-0.15, -0.1) is 0 Å².